The summed E-state index contributed by atoms with van der Waals surface area (Å²) in [4.78, 5) is 5.09. The highest BCUT2D eigenvalue weighted by Crippen LogP contribution is 2.23. The number of aliphatic imine (C=N–C) groups is 1. The molecule has 112 valence electrons. The van der Waals surface area contributed by atoms with Gasteiger partial charge >= 0.3 is 0 Å². The Balaban J connectivity index is 4.94. The molecule has 0 rings (SSSR count). The predicted octanol–water partition coefficient (Wildman–Crippen LogP) is 5.56. The molecular formula is C16H35NSi2. The number of hydrogen-bond donors (Lipinski definition) is 0. The first-order valence-electron chi connectivity index (χ1n) is 7.79. The van der Waals surface area contributed by atoms with Crippen LogP contribution in [0.25, 0.3) is 0 Å². The lowest BCUT2D eigenvalue weighted by molar-refractivity contribution is 0.670. The van der Waals surface area contributed by atoms with Crippen molar-refractivity contribution < 1.29 is 0 Å². The summed E-state index contributed by atoms with van der Waals surface area (Å²) in [6.07, 6.45) is 10.6. The number of unbranched alkanes of at least 4 members (excludes halogenated alkanes) is 1. The van der Waals surface area contributed by atoms with E-state index in [0.29, 0.717) is 11.2 Å². The third-order valence-electron chi connectivity index (χ3n) is 3.40. The van der Waals surface area contributed by atoms with Gasteiger partial charge < -0.3 is 4.99 Å². The van der Waals surface area contributed by atoms with Crippen LogP contribution in [0.4, 0.5) is 0 Å². The molecule has 0 heterocycles. The molecule has 0 aliphatic heterocycles. The largest absolute Gasteiger partial charge is 0.300 e. The predicted molar refractivity (Wildman–Crippen MR) is 96.8 cm³/mol. The summed E-state index contributed by atoms with van der Waals surface area (Å²) in [7, 11) is -2.41. The van der Waals surface area contributed by atoms with Crippen molar-refractivity contribution in [2.75, 3.05) is 0 Å². The highest BCUT2D eigenvalue weighted by molar-refractivity contribution is 6.96. The molecule has 3 heteroatoms. The molecule has 0 aromatic carbocycles. The Bertz CT molecular complexity index is 281. The lowest BCUT2D eigenvalue weighted by atomic mass is 10.0. The van der Waals surface area contributed by atoms with Crippen molar-refractivity contribution in [3.8, 4) is 0 Å². The molecule has 1 unspecified atom stereocenters. The zero-order valence-corrected chi connectivity index (χ0v) is 16.5. The van der Waals surface area contributed by atoms with Crippen LogP contribution in [0.5, 0.6) is 0 Å². The third kappa shape index (κ3) is 7.88. The minimum atomic E-state index is -1.20. The molecule has 0 fully saturated rings. The number of allylic oxidation sites excluding steroid dienone is 2. The summed E-state index contributed by atoms with van der Waals surface area (Å²) in [6, 6.07) is 0. The molecule has 0 aromatic heterocycles. The smallest absolute Gasteiger partial charge is 0.0693 e. The van der Waals surface area contributed by atoms with Crippen LogP contribution in [0.1, 0.15) is 33.1 Å². The van der Waals surface area contributed by atoms with E-state index in [9.17, 15) is 0 Å². The Kier molecular flexibility index (Phi) is 8.13. The van der Waals surface area contributed by atoms with Crippen molar-refractivity contribution in [2.24, 2.45) is 10.9 Å². The van der Waals surface area contributed by atoms with E-state index in [1.165, 1.54) is 19.3 Å². The summed E-state index contributed by atoms with van der Waals surface area (Å²) in [6.45, 7) is 19.1. The van der Waals surface area contributed by atoms with Crippen LogP contribution in [0.2, 0.25) is 39.3 Å². The summed E-state index contributed by atoms with van der Waals surface area (Å²) in [5, 5.41) is 0.634. The van der Waals surface area contributed by atoms with Gasteiger partial charge in [-0.2, -0.15) is 0 Å². The molecule has 0 spiro atoms. The Morgan fingerprint density at radius 2 is 1.53 bits per heavy atom. The first-order valence-corrected chi connectivity index (χ1v) is 14.9. The molecule has 19 heavy (non-hydrogen) atoms. The Labute approximate surface area is 123 Å². The summed E-state index contributed by atoms with van der Waals surface area (Å²) in [5.41, 5.74) is 0. The van der Waals surface area contributed by atoms with Crippen molar-refractivity contribution in [1.82, 2.24) is 0 Å². The highest BCUT2D eigenvalue weighted by Gasteiger charge is 2.37. The molecule has 0 N–H and O–H groups in total. The number of rotatable bonds is 8. The Morgan fingerprint density at radius 3 is 1.89 bits per heavy atom. The van der Waals surface area contributed by atoms with Crippen LogP contribution in [0.15, 0.2) is 17.1 Å². The van der Waals surface area contributed by atoms with E-state index in [1.54, 1.807) is 0 Å². The SMILES string of the molecule is C/C=C\C(/C=N/C([Si](C)(C)C)[Si](C)(C)C)CCCC. The lowest BCUT2D eigenvalue weighted by Gasteiger charge is -2.35. The van der Waals surface area contributed by atoms with Crippen molar-refractivity contribution in [3.63, 3.8) is 0 Å². The maximum absolute atomic E-state index is 5.09. The molecule has 1 nitrogen and oxygen atoms in total. The summed E-state index contributed by atoms with van der Waals surface area (Å²) < 4.78 is 0. The fraction of sp³-hybridized carbons (Fsp3) is 0.812. The average Bonchev–Trinajstić information content (AvgIpc) is 2.22. The minimum absolute atomic E-state index is 0.542. The molecule has 0 amide bonds. The highest BCUT2D eigenvalue weighted by atomic mass is 28.4. The second kappa shape index (κ2) is 8.20. The standard InChI is InChI=1S/C16H35NSi2/c1-9-11-13-15(12-10-2)14-17-16(18(3,4)5)19(6,7)8/h10,12,14-16H,9,11,13H2,1-8H3/b12-10-,17-14+. The van der Waals surface area contributed by atoms with Crippen LogP contribution in [-0.2, 0) is 0 Å². The van der Waals surface area contributed by atoms with Gasteiger partial charge in [-0.1, -0.05) is 71.2 Å². The number of hydrogen-bond acceptors (Lipinski definition) is 1. The van der Waals surface area contributed by atoms with Crippen molar-refractivity contribution in [2.45, 2.75) is 77.7 Å². The van der Waals surface area contributed by atoms with Gasteiger partial charge in [0.25, 0.3) is 0 Å². The third-order valence-corrected chi connectivity index (χ3v) is 12.2. The van der Waals surface area contributed by atoms with Crippen molar-refractivity contribution in [3.05, 3.63) is 12.2 Å². The first kappa shape index (κ1) is 18.8. The molecule has 0 radical (unpaired) electrons. The molecule has 0 saturated heterocycles. The first-order chi connectivity index (χ1) is 8.62. The van der Waals surface area contributed by atoms with Gasteiger partial charge in [0.05, 0.1) is 16.1 Å². The van der Waals surface area contributed by atoms with E-state index < -0.39 is 16.1 Å². The van der Waals surface area contributed by atoms with Gasteiger partial charge in [-0.3, -0.25) is 0 Å². The summed E-state index contributed by atoms with van der Waals surface area (Å²) in [5.74, 6) is 0.542. The maximum Gasteiger partial charge on any atom is 0.0693 e. The number of nitrogens with zero attached hydrogens (tertiary/aromatic N) is 1. The van der Waals surface area contributed by atoms with Gasteiger partial charge in [0.15, 0.2) is 0 Å². The van der Waals surface area contributed by atoms with Crippen LogP contribution < -0.4 is 0 Å². The van der Waals surface area contributed by atoms with Gasteiger partial charge in [0, 0.05) is 17.4 Å². The van der Waals surface area contributed by atoms with Crippen LogP contribution in [-0.4, -0.2) is 27.7 Å². The second-order valence-electron chi connectivity index (χ2n) is 7.76. The molecule has 0 saturated carbocycles. The van der Waals surface area contributed by atoms with E-state index in [0.717, 1.165) is 0 Å². The van der Waals surface area contributed by atoms with Crippen LogP contribution in [0.3, 0.4) is 0 Å². The van der Waals surface area contributed by atoms with Crippen LogP contribution >= 0.6 is 0 Å². The van der Waals surface area contributed by atoms with Gasteiger partial charge in [-0.25, -0.2) is 0 Å². The fourth-order valence-corrected chi connectivity index (χ4v) is 14.3. The van der Waals surface area contributed by atoms with Crippen molar-refractivity contribution >= 4 is 22.4 Å². The molecular weight excluding hydrogens is 262 g/mol. The van der Waals surface area contributed by atoms with E-state index in [2.05, 4.69) is 71.5 Å². The monoisotopic (exact) mass is 297 g/mol. The maximum atomic E-state index is 5.09. The van der Waals surface area contributed by atoms with E-state index in [-0.39, 0.29) is 0 Å². The lowest BCUT2D eigenvalue weighted by Crippen LogP contribution is -2.52. The molecule has 0 aliphatic carbocycles. The minimum Gasteiger partial charge on any atom is -0.300 e. The van der Waals surface area contributed by atoms with E-state index >= 15 is 0 Å². The summed E-state index contributed by atoms with van der Waals surface area (Å²) >= 11 is 0. The molecule has 0 aromatic rings. The van der Waals surface area contributed by atoms with E-state index in [4.69, 9.17) is 4.99 Å². The van der Waals surface area contributed by atoms with Gasteiger partial charge in [-0.15, -0.1) is 0 Å². The van der Waals surface area contributed by atoms with E-state index in [1.807, 2.05) is 0 Å². The van der Waals surface area contributed by atoms with Crippen molar-refractivity contribution in [1.29, 1.82) is 0 Å². The normalized spacial score (nSPS) is 15.8. The zero-order valence-electron chi connectivity index (χ0n) is 14.5. The molecule has 0 bridgehead atoms. The molecule has 1 atom stereocenters. The quantitative estimate of drug-likeness (QED) is 0.316. The average molecular weight is 298 g/mol. The Hall–Kier alpha value is -0.156. The topological polar surface area (TPSA) is 12.4 Å². The molecule has 0 aliphatic rings. The van der Waals surface area contributed by atoms with Crippen LogP contribution in [0, 0.1) is 5.92 Å². The second-order valence-corrected chi connectivity index (χ2v) is 18.9. The van der Waals surface area contributed by atoms with Gasteiger partial charge in [0.1, 0.15) is 0 Å². The fourth-order valence-electron chi connectivity index (χ4n) is 2.85. The Morgan fingerprint density at radius 1 is 1.00 bits per heavy atom. The van der Waals surface area contributed by atoms with Gasteiger partial charge in [-0.05, 0) is 13.3 Å². The zero-order chi connectivity index (χ0) is 15.1. The van der Waals surface area contributed by atoms with Gasteiger partial charge in [0.2, 0.25) is 0 Å².